The Balaban J connectivity index is 2.00. The Morgan fingerprint density at radius 3 is 2.69 bits per heavy atom. The molecule has 0 spiro atoms. The van der Waals surface area contributed by atoms with Crippen molar-refractivity contribution in [2.24, 2.45) is 10.2 Å². The van der Waals surface area contributed by atoms with Crippen LogP contribution in [0.3, 0.4) is 0 Å². The zero-order valence-corrected chi connectivity index (χ0v) is 6.97. The van der Waals surface area contributed by atoms with Crippen LogP contribution in [0.2, 0.25) is 0 Å². The molecule has 1 aliphatic heterocycles. The zero-order chi connectivity index (χ0) is 9.10. The molecule has 1 aromatic rings. The van der Waals surface area contributed by atoms with Crippen LogP contribution >= 0.6 is 0 Å². The van der Waals surface area contributed by atoms with Crippen molar-refractivity contribution >= 4 is 6.03 Å². The van der Waals surface area contributed by atoms with Crippen molar-refractivity contribution in [3.05, 3.63) is 35.9 Å². The van der Waals surface area contributed by atoms with Crippen LogP contribution in [0, 0.1) is 0 Å². The summed E-state index contributed by atoms with van der Waals surface area (Å²) in [5, 5.41) is 9.80. The summed E-state index contributed by atoms with van der Waals surface area (Å²) in [4.78, 5) is 10.7. The predicted molar refractivity (Wildman–Crippen MR) is 47.3 cm³/mol. The van der Waals surface area contributed by atoms with E-state index in [4.69, 9.17) is 0 Å². The van der Waals surface area contributed by atoms with Crippen LogP contribution in [-0.4, -0.2) is 12.2 Å². The fourth-order valence-electron chi connectivity index (χ4n) is 1.25. The minimum atomic E-state index is -0.346. The first kappa shape index (κ1) is 7.91. The number of urea groups is 1. The standard InChI is InChI=1S/C9H9N3O/c13-9-10-8(11-12-9)6-7-4-2-1-3-5-7/h1-5,8H,6H2,(H,10,13). The molecule has 1 heterocycles. The van der Waals surface area contributed by atoms with Crippen molar-refractivity contribution in [3.8, 4) is 0 Å². The highest BCUT2D eigenvalue weighted by Gasteiger charge is 2.16. The van der Waals surface area contributed by atoms with Gasteiger partial charge in [0.1, 0.15) is 6.17 Å². The van der Waals surface area contributed by atoms with Gasteiger partial charge in [-0.15, -0.1) is 0 Å². The van der Waals surface area contributed by atoms with Gasteiger partial charge in [0, 0.05) is 6.42 Å². The number of benzene rings is 1. The van der Waals surface area contributed by atoms with Gasteiger partial charge in [-0.2, -0.15) is 5.11 Å². The second-order valence-electron chi connectivity index (χ2n) is 2.87. The first-order chi connectivity index (χ1) is 6.34. The quantitative estimate of drug-likeness (QED) is 0.731. The highest BCUT2D eigenvalue weighted by atomic mass is 16.2. The van der Waals surface area contributed by atoms with Crippen molar-refractivity contribution in [1.29, 1.82) is 0 Å². The number of carbonyl (C=O) groups excluding carboxylic acids is 1. The number of nitrogens with one attached hydrogen (secondary N) is 1. The third-order valence-corrected chi connectivity index (χ3v) is 1.85. The average molecular weight is 175 g/mol. The van der Waals surface area contributed by atoms with Gasteiger partial charge in [-0.05, 0) is 5.56 Å². The molecular formula is C9H9N3O. The van der Waals surface area contributed by atoms with Gasteiger partial charge < -0.3 is 5.32 Å². The van der Waals surface area contributed by atoms with Crippen molar-refractivity contribution in [1.82, 2.24) is 5.32 Å². The van der Waals surface area contributed by atoms with Crippen LogP contribution < -0.4 is 5.32 Å². The monoisotopic (exact) mass is 175 g/mol. The van der Waals surface area contributed by atoms with Crippen LogP contribution in [0.15, 0.2) is 40.6 Å². The predicted octanol–water partition coefficient (Wildman–Crippen LogP) is 1.73. The van der Waals surface area contributed by atoms with Gasteiger partial charge in [0.15, 0.2) is 0 Å². The molecule has 1 unspecified atom stereocenters. The van der Waals surface area contributed by atoms with E-state index in [1.165, 1.54) is 0 Å². The molecule has 2 rings (SSSR count). The Labute approximate surface area is 75.7 Å². The van der Waals surface area contributed by atoms with E-state index in [0.717, 1.165) is 5.56 Å². The lowest BCUT2D eigenvalue weighted by molar-refractivity contribution is 0.250. The van der Waals surface area contributed by atoms with Gasteiger partial charge in [-0.3, -0.25) is 0 Å². The molecule has 0 saturated carbocycles. The highest BCUT2D eigenvalue weighted by molar-refractivity contribution is 5.75. The number of amides is 2. The lowest BCUT2D eigenvalue weighted by Gasteiger charge is -2.04. The maximum Gasteiger partial charge on any atom is 0.361 e. The number of hydrogen-bond acceptors (Lipinski definition) is 2. The number of nitrogens with zero attached hydrogens (tertiary/aromatic N) is 2. The van der Waals surface area contributed by atoms with E-state index in [0.29, 0.717) is 6.42 Å². The third-order valence-electron chi connectivity index (χ3n) is 1.85. The van der Waals surface area contributed by atoms with E-state index in [9.17, 15) is 4.79 Å². The summed E-state index contributed by atoms with van der Waals surface area (Å²) in [5.74, 6) is 0. The summed E-state index contributed by atoms with van der Waals surface area (Å²) in [6.45, 7) is 0. The second kappa shape index (κ2) is 3.35. The SMILES string of the molecule is O=C1N=NC(Cc2ccccc2)N1. The van der Waals surface area contributed by atoms with Crippen LogP contribution in [0.1, 0.15) is 5.56 Å². The largest absolute Gasteiger partial charge is 0.361 e. The summed E-state index contributed by atoms with van der Waals surface area (Å²) >= 11 is 0. The van der Waals surface area contributed by atoms with Gasteiger partial charge in [0.05, 0.1) is 0 Å². The molecular weight excluding hydrogens is 166 g/mol. The van der Waals surface area contributed by atoms with Gasteiger partial charge in [-0.25, -0.2) is 4.79 Å². The summed E-state index contributed by atoms with van der Waals surface area (Å²) in [6, 6.07) is 9.53. The Hall–Kier alpha value is -1.71. The van der Waals surface area contributed by atoms with Gasteiger partial charge in [0.2, 0.25) is 0 Å². The van der Waals surface area contributed by atoms with Crippen molar-refractivity contribution in [3.63, 3.8) is 0 Å². The molecule has 0 fully saturated rings. The lowest BCUT2D eigenvalue weighted by atomic mass is 10.1. The molecule has 66 valence electrons. The fraction of sp³-hybridized carbons (Fsp3) is 0.222. The summed E-state index contributed by atoms with van der Waals surface area (Å²) < 4.78 is 0. The van der Waals surface area contributed by atoms with Crippen LogP contribution in [0.5, 0.6) is 0 Å². The normalized spacial score (nSPS) is 20.3. The topological polar surface area (TPSA) is 53.8 Å². The minimum Gasteiger partial charge on any atom is -0.311 e. The molecule has 0 aromatic heterocycles. The molecule has 0 aliphatic carbocycles. The molecule has 13 heavy (non-hydrogen) atoms. The summed E-state index contributed by atoms with van der Waals surface area (Å²) in [6.07, 6.45) is 0.519. The highest BCUT2D eigenvalue weighted by Crippen LogP contribution is 2.07. The lowest BCUT2D eigenvalue weighted by Crippen LogP contribution is -2.27. The Kier molecular flexibility index (Phi) is 2.04. The number of azo groups is 1. The van der Waals surface area contributed by atoms with Gasteiger partial charge in [0.25, 0.3) is 0 Å². The van der Waals surface area contributed by atoms with Crippen LogP contribution in [-0.2, 0) is 6.42 Å². The van der Waals surface area contributed by atoms with Crippen LogP contribution in [0.4, 0.5) is 4.79 Å². The van der Waals surface area contributed by atoms with Crippen LogP contribution in [0.25, 0.3) is 0 Å². The molecule has 1 atom stereocenters. The molecule has 4 nitrogen and oxygen atoms in total. The molecule has 2 amide bonds. The van der Waals surface area contributed by atoms with E-state index in [2.05, 4.69) is 15.5 Å². The number of hydrogen-bond donors (Lipinski definition) is 1. The summed E-state index contributed by atoms with van der Waals surface area (Å²) in [7, 11) is 0. The van der Waals surface area contributed by atoms with E-state index in [1.807, 2.05) is 30.3 Å². The van der Waals surface area contributed by atoms with Crippen molar-refractivity contribution < 1.29 is 4.79 Å². The van der Waals surface area contributed by atoms with Crippen molar-refractivity contribution in [2.75, 3.05) is 0 Å². The first-order valence-corrected chi connectivity index (χ1v) is 4.10. The van der Waals surface area contributed by atoms with E-state index < -0.39 is 0 Å². The smallest absolute Gasteiger partial charge is 0.311 e. The Bertz CT molecular complexity index is 334. The molecule has 1 aromatic carbocycles. The van der Waals surface area contributed by atoms with E-state index in [1.54, 1.807) is 0 Å². The first-order valence-electron chi connectivity index (χ1n) is 4.10. The van der Waals surface area contributed by atoms with Gasteiger partial charge >= 0.3 is 6.03 Å². The summed E-state index contributed by atoms with van der Waals surface area (Å²) in [5.41, 5.74) is 1.15. The van der Waals surface area contributed by atoms with E-state index >= 15 is 0 Å². The third kappa shape index (κ3) is 1.90. The zero-order valence-electron chi connectivity index (χ0n) is 6.97. The number of carbonyl (C=O) groups is 1. The maximum atomic E-state index is 10.7. The molecule has 0 bridgehead atoms. The molecule has 0 saturated heterocycles. The van der Waals surface area contributed by atoms with E-state index in [-0.39, 0.29) is 12.2 Å². The number of rotatable bonds is 2. The average Bonchev–Trinajstić information content (AvgIpc) is 2.53. The second-order valence-corrected chi connectivity index (χ2v) is 2.87. The Morgan fingerprint density at radius 1 is 1.31 bits per heavy atom. The molecule has 0 radical (unpaired) electrons. The Morgan fingerprint density at radius 2 is 2.08 bits per heavy atom. The molecule has 4 heteroatoms. The maximum absolute atomic E-state index is 10.7. The molecule has 1 N–H and O–H groups in total. The minimum absolute atomic E-state index is 0.185. The van der Waals surface area contributed by atoms with Crippen molar-refractivity contribution in [2.45, 2.75) is 12.6 Å². The molecule has 1 aliphatic rings. The fourth-order valence-corrected chi connectivity index (χ4v) is 1.25. The van der Waals surface area contributed by atoms with Gasteiger partial charge in [-0.1, -0.05) is 35.4 Å².